The molecule has 0 bridgehead atoms. The van der Waals surface area contributed by atoms with Crippen LogP contribution in [-0.2, 0) is 14.8 Å². The summed E-state index contributed by atoms with van der Waals surface area (Å²) in [6.07, 6.45) is 1.44. The number of para-hydroxylation sites is 1. The Balaban J connectivity index is 1.49. The van der Waals surface area contributed by atoms with Gasteiger partial charge in [0.05, 0.1) is 11.4 Å². The number of hydrogen-bond acceptors (Lipinski definition) is 5. The Morgan fingerprint density at radius 3 is 2.38 bits per heavy atom. The van der Waals surface area contributed by atoms with Crippen LogP contribution in [0.3, 0.4) is 0 Å². The van der Waals surface area contributed by atoms with Crippen LogP contribution in [0.15, 0.2) is 59.5 Å². The number of piperidine rings is 1. The molecule has 0 saturated carbocycles. The maximum atomic E-state index is 12.7. The first-order chi connectivity index (χ1) is 15.2. The molecule has 1 aliphatic rings. The Morgan fingerprint density at radius 2 is 1.72 bits per heavy atom. The first-order valence-electron chi connectivity index (χ1n) is 10.7. The van der Waals surface area contributed by atoms with Gasteiger partial charge < -0.3 is 10.6 Å². The smallest absolute Gasteiger partial charge is 0.251 e. The highest BCUT2D eigenvalue weighted by molar-refractivity contribution is 7.89. The highest BCUT2D eigenvalue weighted by atomic mass is 32.2. The van der Waals surface area contributed by atoms with Crippen molar-refractivity contribution in [2.45, 2.75) is 43.7 Å². The largest absolute Gasteiger partial charge is 0.349 e. The van der Waals surface area contributed by atoms with Gasteiger partial charge in [0, 0.05) is 36.4 Å². The van der Waals surface area contributed by atoms with E-state index in [2.05, 4.69) is 20.3 Å². The van der Waals surface area contributed by atoms with Crippen LogP contribution in [-0.4, -0.2) is 56.9 Å². The van der Waals surface area contributed by atoms with Crippen molar-refractivity contribution in [1.82, 2.24) is 14.9 Å². The lowest BCUT2D eigenvalue weighted by Crippen LogP contribution is -2.46. The predicted octanol–water partition coefficient (Wildman–Crippen LogP) is 2.21. The monoisotopic (exact) mass is 458 g/mol. The zero-order chi connectivity index (χ0) is 23.1. The predicted molar refractivity (Wildman–Crippen MR) is 124 cm³/mol. The van der Waals surface area contributed by atoms with Crippen molar-refractivity contribution in [3.05, 3.63) is 60.2 Å². The molecule has 32 heavy (non-hydrogen) atoms. The Morgan fingerprint density at radius 1 is 1.03 bits per heavy atom. The molecule has 0 aliphatic carbocycles. The normalized spacial score (nSPS) is 15.5. The second kappa shape index (κ2) is 10.7. The summed E-state index contributed by atoms with van der Waals surface area (Å²) in [5, 5.41) is 5.87. The van der Waals surface area contributed by atoms with Crippen molar-refractivity contribution in [3.63, 3.8) is 0 Å². The molecule has 1 fully saturated rings. The van der Waals surface area contributed by atoms with E-state index in [0.717, 1.165) is 18.5 Å². The minimum absolute atomic E-state index is 0.0232. The first-order valence-corrected chi connectivity index (χ1v) is 12.2. The van der Waals surface area contributed by atoms with Gasteiger partial charge in [-0.05, 0) is 57.0 Å². The van der Waals surface area contributed by atoms with Crippen LogP contribution < -0.4 is 15.4 Å². The second-order valence-electron chi connectivity index (χ2n) is 8.24. The quantitative estimate of drug-likeness (QED) is 0.562. The minimum Gasteiger partial charge on any atom is -0.349 e. The van der Waals surface area contributed by atoms with Gasteiger partial charge >= 0.3 is 0 Å². The van der Waals surface area contributed by atoms with Gasteiger partial charge in [0.15, 0.2) is 0 Å². The molecule has 3 N–H and O–H groups in total. The number of benzene rings is 2. The average molecular weight is 459 g/mol. The molecule has 0 radical (unpaired) electrons. The van der Waals surface area contributed by atoms with Crippen LogP contribution in [0.4, 0.5) is 5.69 Å². The van der Waals surface area contributed by atoms with Crippen molar-refractivity contribution >= 4 is 27.5 Å². The van der Waals surface area contributed by atoms with Crippen LogP contribution in [0, 0.1) is 0 Å². The molecule has 0 unspecified atom stereocenters. The zero-order valence-corrected chi connectivity index (χ0v) is 19.2. The minimum atomic E-state index is -3.66. The Labute approximate surface area is 189 Å². The molecular formula is C23H30N4O4S. The summed E-state index contributed by atoms with van der Waals surface area (Å²) in [5.74, 6) is -0.362. The molecule has 2 aromatic carbocycles. The van der Waals surface area contributed by atoms with E-state index in [1.165, 1.54) is 12.1 Å². The van der Waals surface area contributed by atoms with Crippen molar-refractivity contribution in [1.29, 1.82) is 0 Å². The summed E-state index contributed by atoms with van der Waals surface area (Å²) in [4.78, 5) is 27.0. The van der Waals surface area contributed by atoms with Gasteiger partial charge in [-0.3, -0.25) is 14.5 Å². The molecular weight excluding hydrogens is 428 g/mol. The van der Waals surface area contributed by atoms with E-state index in [0.29, 0.717) is 25.2 Å². The topological polar surface area (TPSA) is 108 Å². The van der Waals surface area contributed by atoms with Crippen LogP contribution in [0.2, 0.25) is 0 Å². The molecule has 3 rings (SSSR count). The standard InChI is InChI=1S/C23H30N4O4S/c1-17(2)26-32(30,31)21-10-6-7-18(15-21)23(29)25-20-11-13-27(14-12-20)16-22(28)24-19-8-4-3-5-9-19/h3-10,15,17,20,26H,11-14,16H2,1-2H3,(H,24,28)(H,25,29). The maximum Gasteiger partial charge on any atom is 0.251 e. The Hall–Kier alpha value is -2.75. The molecule has 1 aliphatic heterocycles. The molecule has 2 aromatic rings. The first kappa shape index (κ1) is 23.9. The van der Waals surface area contributed by atoms with Crippen LogP contribution in [0.25, 0.3) is 0 Å². The number of nitrogens with one attached hydrogen (secondary N) is 3. The zero-order valence-electron chi connectivity index (χ0n) is 18.4. The third kappa shape index (κ3) is 6.88. The molecule has 2 amide bonds. The summed E-state index contributed by atoms with van der Waals surface area (Å²) < 4.78 is 27.3. The maximum absolute atomic E-state index is 12.7. The van der Waals surface area contributed by atoms with E-state index in [1.54, 1.807) is 26.0 Å². The van der Waals surface area contributed by atoms with Crippen molar-refractivity contribution in [2.75, 3.05) is 25.0 Å². The van der Waals surface area contributed by atoms with Gasteiger partial charge in [0.1, 0.15) is 0 Å². The molecule has 1 saturated heterocycles. The van der Waals surface area contributed by atoms with Crippen LogP contribution in [0.5, 0.6) is 0 Å². The highest BCUT2D eigenvalue weighted by Gasteiger charge is 2.23. The van der Waals surface area contributed by atoms with Crippen molar-refractivity contribution in [3.8, 4) is 0 Å². The summed E-state index contributed by atoms with van der Waals surface area (Å²) in [6.45, 7) is 5.18. The second-order valence-corrected chi connectivity index (χ2v) is 9.96. The van der Waals surface area contributed by atoms with Gasteiger partial charge in [0.2, 0.25) is 15.9 Å². The van der Waals surface area contributed by atoms with Gasteiger partial charge in [0.25, 0.3) is 5.91 Å². The average Bonchev–Trinajstić information content (AvgIpc) is 2.75. The molecule has 0 aromatic heterocycles. The number of likely N-dealkylation sites (tertiary alicyclic amines) is 1. The SMILES string of the molecule is CC(C)NS(=O)(=O)c1cccc(C(=O)NC2CCN(CC(=O)Nc3ccccc3)CC2)c1. The van der Waals surface area contributed by atoms with E-state index in [1.807, 2.05) is 30.3 Å². The van der Waals surface area contributed by atoms with Crippen molar-refractivity contribution in [2.24, 2.45) is 0 Å². The highest BCUT2D eigenvalue weighted by Crippen LogP contribution is 2.15. The molecule has 0 atom stereocenters. The van der Waals surface area contributed by atoms with E-state index in [9.17, 15) is 18.0 Å². The summed E-state index contributed by atoms with van der Waals surface area (Å²) >= 11 is 0. The van der Waals surface area contributed by atoms with Gasteiger partial charge in [-0.15, -0.1) is 0 Å². The van der Waals surface area contributed by atoms with Crippen LogP contribution in [0.1, 0.15) is 37.0 Å². The molecule has 0 spiro atoms. The lowest BCUT2D eigenvalue weighted by atomic mass is 10.0. The van der Waals surface area contributed by atoms with Crippen molar-refractivity contribution < 1.29 is 18.0 Å². The van der Waals surface area contributed by atoms with E-state index < -0.39 is 10.0 Å². The Kier molecular flexibility index (Phi) is 8.00. The fourth-order valence-corrected chi connectivity index (χ4v) is 4.91. The molecule has 9 heteroatoms. The van der Waals surface area contributed by atoms with Gasteiger partial charge in [-0.25, -0.2) is 13.1 Å². The molecule has 1 heterocycles. The fourth-order valence-electron chi connectivity index (χ4n) is 3.61. The lowest BCUT2D eigenvalue weighted by molar-refractivity contribution is -0.117. The van der Waals surface area contributed by atoms with E-state index in [-0.39, 0.29) is 28.8 Å². The van der Waals surface area contributed by atoms with Crippen LogP contribution >= 0.6 is 0 Å². The van der Waals surface area contributed by atoms with Gasteiger partial charge in [-0.2, -0.15) is 0 Å². The summed E-state index contributed by atoms with van der Waals surface area (Å²) in [7, 11) is -3.66. The third-order valence-corrected chi connectivity index (χ3v) is 6.80. The number of sulfonamides is 1. The molecule has 8 nitrogen and oxygen atoms in total. The number of hydrogen-bond donors (Lipinski definition) is 3. The fraction of sp³-hybridized carbons (Fsp3) is 0.391. The number of nitrogens with zero attached hydrogens (tertiary/aromatic N) is 1. The van der Waals surface area contributed by atoms with E-state index in [4.69, 9.17) is 0 Å². The summed E-state index contributed by atoms with van der Waals surface area (Å²) in [6, 6.07) is 15.1. The number of carbonyl (C=O) groups is 2. The number of rotatable bonds is 8. The summed E-state index contributed by atoms with van der Waals surface area (Å²) in [5.41, 5.74) is 1.08. The molecule has 172 valence electrons. The number of anilines is 1. The Bertz CT molecular complexity index is 1030. The number of carbonyl (C=O) groups excluding carboxylic acids is 2. The van der Waals surface area contributed by atoms with Gasteiger partial charge in [-0.1, -0.05) is 24.3 Å². The third-order valence-electron chi connectivity index (χ3n) is 5.14. The lowest BCUT2D eigenvalue weighted by Gasteiger charge is -2.31. The number of amides is 2. The van der Waals surface area contributed by atoms with E-state index >= 15 is 0 Å².